The number of benzene rings is 1. The summed E-state index contributed by atoms with van der Waals surface area (Å²) < 4.78 is 0. The molecule has 0 radical (unpaired) electrons. The third kappa shape index (κ3) is 2.19. The normalized spacial score (nSPS) is 16.3. The highest BCUT2D eigenvalue weighted by molar-refractivity contribution is 5.39. The Kier molecular flexibility index (Phi) is 2.95. The van der Waals surface area contributed by atoms with E-state index in [1.54, 1.807) is 6.07 Å². The first kappa shape index (κ1) is 12.1. The van der Waals surface area contributed by atoms with Crippen LogP contribution in [0, 0.1) is 0 Å². The van der Waals surface area contributed by atoms with Crippen molar-refractivity contribution in [2.45, 2.75) is 24.8 Å². The molecule has 1 aromatic heterocycles. The number of nitrogens with zero attached hydrogens (tertiary/aromatic N) is 1. The van der Waals surface area contributed by atoms with E-state index in [1.807, 2.05) is 25.2 Å². The Labute approximate surface area is 111 Å². The van der Waals surface area contributed by atoms with E-state index in [9.17, 15) is 4.79 Å². The lowest BCUT2D eigenvalue weighted by Gasteiger charge is -2.15. The molecule has 19 heavy (non-hydrogen) atoms. The fraction of sp³-hybridized carbons (Fsp3) is 0.333. The zero-order chi connectivity index (χ0) is 13.3. The number of aromatic amines is 1. The Hall–Kier alpha value is -1.94. The van der Waals surface area contributed by atoms with Crippen LogP contribution in [-0.4, -0.2) is 17.0 Å². The molecule has 0 aliphatic heterocycles. The summed E-state index contributed by atoms with van der Waals surface area (Å²) in [7, 11) is 1.85. The minimum atomic E-state index is -0.0792. The molecule has 0 bridgehead atoms. The molecule has 1 saturated carbocycles. The van der Waals surface area contributed by atoms with Crippen LogP contribution in [0.25, 0.3) is 0 Å². The van der Waals surface area contributed by atoms with Gasteiger partial charge in [0.25, 0.3) is 5.56 Å². The van der Waals surface area contributed by atoms with E-state index in [4.69, 9.17) is 0 Å². The summed E-state index contributed by atoms with van der Waals surface area (Å²) in [5.41, 5.74) is 1.88. The molecule has 0 atom stereocenters. The first-order chi connectivity index (χ1) is 9.24. The molecule has 2 N–H and O–H groups in total. The number of hydrogen-bond donors (Lipinski definition) is 2. The Morgan fingerprint density at radius 2 is 2.05 bits per heavy atom. The van der Waals surface area contributed by atoms with Crippen LogP contribution in [0.2, 0.25) is 0 Å². The lowest BCUT2D eigenvalue weighted by atomic mass is 9.95. The summed E-state index contributed by atoms with van der Waals surface area (Å²) in [5.74, 6) is 0.802. The van der Waals surface area contributed by atoms with Gasteiger partial charge in [-0.25, -0.2) is 4.98 Å². The number of aromatic nitrogens is 2. The minimum absolute atomic E-state index is 0.0718. The molecule has 0 unspecified atom stereocenters. The molecule has 0 amide bonds. The Morgan fingerprint density at radius 1 is 1.32 bits per heavy atom. The SMILES string of the molecule is CNCc1cc(=O)[nH]c(C2(c3ccccc3)CC2)n1. The molecule has 1 heterocycles. The lowest BCUT2D eigenvalue weighted by molar-refractivity contribution is 0.708. The molecule has 1 aliphatic rings. The fourth-order valence-electron chi connectivity index (χ4n) is 2.55. The molecular formula is C15H17N3O. The van der Waals surface area contributed by atoms with Crippen LogP contribution in [0.4, 0.5) is 0 Å². The summed E-state index contributed by atoms with van der Waals surface area (Å²) in [4.78, 5) is 19.3. The quantitative estimate of drug-likeness (QED) is 0.872. The van der Waals surface area contributed by atoms with Gasteiger partial charge in [0, 0.05) is 12.6 Å². The van der Waals surface area contributed by atoms with Crippen molar-refractivity contribution in [1.82, 2.24) is 15.3 Å². The van der Waals surface area contributed by atoms with Crippen molar-refractivity contribution in [2.75, 3.05) is 7.05 Å². The van der Waals surface area contributed by atoms with Crippen LogP contribution < -0.4 is 10.9 Å². The summed E-state index contributed by atoms with van der Waals surface area (Å²) >= 11 is 0. The molecule has 3 rings (SSSR count). The largest absolute Gasteiger partial charge is 0.314 e. The van der Waals surface area contributed by atoms with Gasteiger partial charge in [0.2, 0.25) is 0 Å². The van der Waals surface area contributed by atoms with Gasteiger partial charge in [-0.2, -0.15) is 0 Å². The maximum absolute atomic E-state index is 11.8. The van der Waals surface area contributed by atoms with E-state index in [-0.39, 0.29) is 11.0 Å². The van der Waals surface area contributed by atoms with E-state index >= 15 is 0 Å². The van der Waals surface area contributed by atoms with Gasteiger partial charge in [-0.15, -0.1) is 0 Å². The molecule has 2 aromatic rings. The third-order valence-corrected chi connectivity index (χ3v) is 3.68. The van der Waals surface area contributed by atoms with Crippen molar-refractivity contribution in [3.05, 3.63) is 63.8 Å². The van der Waals surface area contributed by atoms with Gasteiger partial charge in [-0.05, 0) is 25.5 Å². The third-order valence-electron chi connectivity index (χ3n) is 3.68. The molecule has 1 aromatic carbocycles. The monoisotopic (exact) mass is 255 g/mol. The zero-order valence-corrected chi connectivity index (χ0v) is 10.9. The van der Waals surface area contributed by atoms with Crippen molar-refractivity contribution >= 4 is 0 Å². The average molecular weight is 255 g/mol. The topological polar surface area (TPSA) is 57.8 Å². The fourth-order valence-corrected chi connectivity index (χ4v) is 2.55. The molecule has 0 saturated heterocycles. The van der Waals surface area contributed by atoms with Crippen LogP contribution in [0.15, 0.2) is 41.2 Å². The van der Waals surface area contributed by atoms with Gasteiger partial charge in [0.05, 0.1) is 11.1 Å². The first-order valence-electron chi connectivity index (χ1n) is 6.55. The second kappa shape index (κ2) is 4.63. The van der Waals surface area contributed by atoms with Gasteiger partial charge >= 0.3 is 0 Å². The number of H-pyrrole nitrogens is 1. The van der Waals surface area contributed by atoms with Gasteiger partial charge in [0.15, 0.2) is 0 Å². The van der Waals surface area contributed by atoms with E-state index in [2.05, 4.69) is 27.4 Å². The van der Waals surface area contributed by atoms with E-state index in [0.29, 0.717) is 6.54 Å². The zero-order valence-electron chi connectivity index (χ0n) is 10.9. The van der Waals surface area contributed by atoms with Crippen LogP contribution in [0.1, 0.15) is 29.9 Å². The second-order valence-electron chi connectivity index (χ2n) is 5.06. The molecule has 1 fully saturated rings. The summed E-state index contributed by atoms with van der Waals surface area (Å²) in [5, 5.41) is 3.03. The van der Waals surface area contributed by atoms with Crippen molar-refractivity contribution in [2.24, 2.45) is 0 Å². The van der Waals surface area contributed by atoms with Crippen LogP contribution in [0.5, 0.6) is 0 Å². The molecule has 1 aliphatic carbocycles. The summed E-state index contributed by atoms with van der Waals surface area (Å²) in [6.07, 6.45) is 2.09. The minimum Gasteiger partial charge on any atom is -0.314 e. The standard InChI is InChI=1S/C15H17N3O/c1-16-10-12-9-13(19)18-14(17-12)15(7-8-15)11-5-3-2-4-6-11/h2-6,9,16H,7-8,10H2,1H3,(H,17,18,19). The highest BCUT2D eigenvalue weighted by Crippen LogP contribution is 2.51. The van der Waals surface area contributed by atoms with Crippen molar-refractivity contribution in [3.63, 3.8) is 0 Å². The van der Waals surface area contributed by atoms with Gasteiger partial charge in [0.1, 0.15) is 5.82 Å². The van der Waals surface area contributed by atoms with Crippen molar-refractivity contribution < 1.29 is 0 Å². The summed E-state index contributed by atoms with van der Waals surface area (Å²) in [6.45, 7) is 0.613. The molecule has 98 valence electrons. The smallest absolute Gasteiger partial charge is 0.251 e. The highest BCUT2D eigenvalue weighted by Gasteiger charge is 2.48. The van der Waals surface area contributed by atoms with Crippen LogP contribution in [0.3, 0.4) is 0 Å². The van der Waals surface area contributed by atoms with Gasteiger partial charge < -0.3 is 10.3 Å². The predicted octanol–water partition coefficient (Wildman–Crippen LogP) is 1.57. The second-order valence-corrected chi connectivity index (χ2v) is 5.06. The summed E-state index contributed by atoms with van der Waals surface area (Å²) in [6, 6.07) is 11.8. The number of rotatable bonds is 4. The van der Waals surface area contributed by atoms with Gasteiger partial charge in [-0.3, -0.25) is 4.79 Å². The molecule has 4 heteroatoms. The van der Waals surface area contributed by atoms with Crippen LogP contribution in [-0.2, 0) is 12.0 Å². The van der Waals surface area contributed by atoms with E-state index in [0.717, 1.165) is 24.4 Å². The van der Waals surface area contributed by atoms with Gasteiger partial charge in [-0.1, -0.05) is 30.3 Å². The maximum Gasteiger partial charge on any atom is 0.251 e. The average Bonchev–Trinajstić information content (AvgIpc) is 3.21. The Bertz CT molecular complexity index is 629. The van der Waals surface area contributed by atoms with E-state index in [1.165, 1.54) is 5.56 Å². The molecular weight excluding hydrogens is 238 g/mol. The maximum atomic E-state index is 11.8. The van der Waals surface area contributed by atoms with Crippen molar-refractivity contribution in [3.8, 4) is 0 Å². The van der Waals surface area contributed by atoms with Crippen LogP contribution >= 0.6 is 0 Å². The number of hydrogen-bond acceptors (Lipinski definition) is 3. The lowest BCUT2D eigenvalue weighted by Crippen LogP contribution is -2.22. The van der Waals surface area contributed by atoms with Crippen molar-refractivity contribution in [1.29, 1.82) is 0 Å². The number of nitrogens with one attached hydrogen (secondary N) is 2. The Morgan fingerprint density at radius 3 is 2.68 bits per heavy atom. The predicted molar refractivity (Wildman–Crippen MR) is 74.1 cm³/mol. The molecule has 4 nitrogen and oxygen atoms in total. The van der Waals surface area contributed by atoms with E-state index < -0.39 is 0 Å². The highest BCUT2D eigenvalue weighted by atomic mass is 16.1. The molecule has 0 spiro atoms. The first-order valence-corrected chi connectivity index (χ1v) is 6.55. The Balaban J connectivity index is 2.05.